The van der Waals surface area contributed by atoms with Crippen LogP contribution in [-0.4, -0.2) is 18.0 Å². The van der Waals surface area contributed by atoms with Crippen molar-refractivity contribution >= 4 is 11.6 Å². The molecule has 1 fully saturated rings. The Morgan fingerprint density at radius 1 is 1.25 bits per heavy atom. The fourth-order valence-corrected chi connectivity index (χ4v) is 2.68. The lowest BCUT2D eigenvalue weighted by Crippen LogP contribution is -2.56. The minimum Gasteiger partial charge on any atom is -0.369 e. The fourth-order valence-electron chi connectivity index (χ4n) is 2.68. The minimum atomic E-state index is 0.208. The summed E-state index contributed by atoms with van der Waals surface area (Å²) in [7, 11) is 0. The second-order valence-electron chi connectivity index (χ2n) is 4.92. The lowest BCUT2D eigenvalue weighted by molar-refractivity contribution is 0.272. The van der Waals surface area contributed by atoms with Gasteiger partial charge in [-0.15, -0.1) is 0 Å². The number of hydrogen-bond acceptors (Lipinski definition) is 3. The zero-order valence-electron chi connectivity index (χ0n) is 9.61. The summed E-state index contributed by atoms with van der Waals surface area (Å²) in [6.07, 6.45) is 3.72. The molecule has 3 heteroatoms. The van der Waals surface area contributed by atoms with Crippen LogP contribution in [0.25, 0.3) is 0 Å². The van der Waals surface area contributed by atoms with Gasteiger partial charge in [-0.25, -0.2) is 0 Å². The van der Waals surface area contributed by atoms with Crippen LogP contribution in [0.5, 0.6) is 0 Å². The van der Waals surface area contributed by atoms with Crippen LogP contribution in [0.1, 0.15) is 24.8 Å². The van der Waals surface area contributed by atoms with E-state index >= 15 is 0 Å². The largest absolute Gasteiger partial charge is 0.369 e. The Hall–Kier alpha value is -1.51. The van der Waals surface area contributed by atoms with E-state index in [1.807, 2.05) is 0 Å². The number of rotatable bonds is 1. The molecule has 0 unspecified atom stereocenters. The molecule has 0 radical (unpaired) electrons. The molecule has 1 aliphatic heterocycles. The van der Waals surface area contributed by atoms with E-state index in [0.29, 0.717) is 5.96 Å². The summed E-state index contributed by atoms with van der Waals surface area (Å²) in [4.78, 5) is 6.64. The predicted octanol–water partition coefficient (Wildman–Crippen LogP) is 2.05. The number of nitrogens with zero attached hydrogens (tertiary/aromatic N) is 2. The van der Waals surface area contributed by atoms with Crippen molar-refractivity contribution in [1.29, 1.82) is 0 Å². The van der Waals surface area contributed by atoms with E-state index in [2.05, 4.69) is 41.1 Å². The Kier molecular flexibility index (Phi) is 1.96. The van der Waals surface area contributed by atoms with Gasteiger partial charge in [0.05, 0.1) is 12.1 Å². The molecular formula is C13H17N3. The molecule has 1 aromatic rings. The molecule has 1 heterocycles. The highest BCUT2D eigenvalue weighted by Crippen LogP contribution is 2.43. The van der Waals surface area contributed by atoms with E-state index in [1.54, 1.807) is 0 Å². The summed E-state index contributed by atoms with van der Waals surface area (Å²) in [6.45, 7) is 2.97. The topological polar surface area (TPSA) is 41.6 Å². The normalized spacial score (nSPS) is 22.1. The summed E-state index contributed by atoms with van der Waals surface area (Å²) in [6, 6.07) is 8.55. The van der Waals surface area contributed by atoms with Crippen molar-refractivity contribution in [1.82, 2.24) is 0 Å². The highest BCUT2D eigenvalue weighted by atomic mass is 15.4. The van der Waals surface area contributed by atoms with Crippen molar-refractivity contribution in [3.05, 3.63) is 29.8 Å². The van der Waals surface area contributed by atoms with Gasteiger partial charge in [0.25, 0.3) is 0 Å². The van der Waals surface area contributed by atoms with Crippen molar-refractivity contribution in [2.75, 3.05) is 11.4 Å². The van der Waals surface area contributed by atoms with Crippen molar-refractivity contribution in [2.24, 2.45) is 10.7 Å². The van der Waals surface area contributed by atoms with Crippen molar-refractivity contribution < 1.29 is 0 Å². The first kappa shape index (κ1) is 9.70. The van der Waals surface area contributed by atoms with E-state index in [1.165, 1.54) is 30.5 Å². The lowest BCUT2D eigenvalue weighted by Gasteiger charge is -2.46. The van der Waals surface area contributed by atoms with E-state index in [0.717, 1.165) is 6.54 Å². The molecule has 3 rings (SSSR count). The second kappa shape index (κ2) is 3.24. The third kappa shape index (κ3) is 1.24. The average molecular weight is 215 g/mol. The van der Waals surface area contributed by atoms with Crippen molar-refractivity contribution in [3.8, 4) is 0 Å². The van der Waals surface area contributed by atoms with E-state index in [4.69, 9.17) is 5.73 Å². The lowest BCUT2D eigenvalue weighted by atomic mass is 9.76. The summed E-state index contributed by atoms with van der Waals surface area (Å²) >= 11 is 0. The molecule has 0 amide bonds. The van der Waals surface area contributed by atoms with Gasteiger partial charge >= 0.3 is 0 Å². The van der Waals surface area contributed by atoms with Crippen LogP contribution in [0.15, 0.2) is 29.3 Å². The van der Waals surface area contributed by atoms with Crippen LogP contribution >= 0.6 is 0 Å². The maximum Gasteiger partial charge on any atom is 0.196 e. The van der Waals surface area contributed by atoms with Crippen molar-refractivity contribution in [3.63, 3.8) is 0 Å². The summed E-state index contributed by atoms with van der Waals surface area (Å²) in [5, 5.41) is 0. The van der Waals surface area contributed by atoms with Crippen molar-refractivity contribution in [2.45, 2.75) is 31.7 Å². The van der Waals surface area contributed by atoms with E-state index in [-0.39, 0.29) is 5.54 Å². The number of aliphatic imine (C=N–C) groups is 1. The number of hydrogen-bond donors (Lipinski definition) is 1. The molecule has 0 bridgehead atoms. The van der Waals surface area contributed by atoms with Gasteiger partial charge in [-0.1, -0.05) is 17.7 Å². The third-order valence-corrected chi connectivity index (χ3v) is 3.82. The highest BCUT2D eigenvalue weighted by Gasteiger charge is 2.47. The molecular weight excluding hydrogens is 198 g/mol. The van der Waals surface area contributed by atoms with Crippen LogP contribution in [0.3, 0.4) is 0 Å². The smallest absolute Gasteiger partial charge is 0.196 e. The van der Waals surface area contributed by atoms with Gasteiger partial charge in [0.2, 0.25) is 0 Å². The summed E-state index contributed by atoms with van der Waals surface area (Å²) < 4.78 is 0. The maximum atomic E-state index is 6.01. The molecule has 0 aromatic heterocycles. The molecule has 2 aliphatic rings. The summed E-state index contributed by atoms with van der Waals surface area (Å²) in [5.41, 5.74) is 8.68. The number of anilines is 1. The molecule has 16 heavy (non-hydrogen) atoms. The van der Waals surface area contributed by atoms with Gasteiger partial charge in [-0.2, -0.15) is 0 Å². The maximum absolute atomic E-state index is 6.01. The van der Waals surface area contributed by atoms with Gasteiger partial charge < -0.3 is 10.6 Å². The third-order valence-electron chi connectivity index (χ3n) is 3.82. The molecule has 0 atom stereocenters. The Balaban J connectivity index is 1.97. The van der Waals surface area contributed by atoms with Gasteiger partial charge in [0, 0.05) is 5.69 Å². The predicted molar refractivity (Wildman–Crippen MR) is 66.7 cm³/mol. The van der Waals surface area contributed by atoms with E-state index < -0.39 is 0 Å². The van der Waals surface area contributed by atoms with Crippen LogP contribution in [-0.2, 0) is 0 Å². The number of nitrogens with two attached hydrogens (primary N) is 1. The van der Waals surface area contributed by atoms with Gasteiger partial charge in [-0.3, -0.25) is 4.99 Å². The molecule has 1 aromatic carbocycles. The standard InChI is InChI=1S/C13H17N3/c1-10-3-5-11(6-4-10)16-12(14)15-9-13(16)7-2-8-13/h3-6H,2,7-9H2,1H3,(H2,14,15). The number of guanidine groups is 1. The quantitative estimate of drug-likeness (QED) is 0.779. The highest BCUT2D eigenvalue weighted by molar-refractivity contribution is 5.98. The zero-order valence-corrected chi connectivity index (χ0v) is 9.61. The van der Waals surface area contributed by atoms with Gasteiger partial charge in [-0.05, 0) is 38.3 Å². The second-order valence-corrected chi connectivity index (χ2v) is 4.92. The van der Waals surface area contributed by atoms with E-state index in [9.17, 15) is 0 Å². The Morgan fingerprint density at radius 2 is 1.94 bits per heavy atom. The number of benzene rings is 1. The molecule has 84 valence electrons. The molecule has 1 saturated carbocycles. The summed E-state index contributed by atoms with van der Waals surface area (Å²) in [5.74, 6) is 0.684. The monoisotopic (exact) mass is 215 g/mol. The SMILES string of the molecule is Cc1ccc(N2C(N)=NCC23CCC3)cc1. The Morgan fingerprint density at radius 3 is 2.50 bits per heavy atom. The Bertz CT molecular complexity index is 429. The first-order valence-electron chi connectivity index (χ1n) is 5.88. The van der Waals surface area contributed by atoms with Crippen LogP contribution in [0.2, 0.25) is 0 Å². The minimum absolute atomic E-state index is 0.208. The molecule has 1 aliphatic carbocycles. The molecule has 0 saturated heterocycles. The zero-order chi connectivity index (χ0) is 11.2. The fraction of sp³-hybridized carbons (Fsp3) is 0.462. The Labute approximate surface area is 96.0 Å². The average Bonchev–Trinajstić information content (AvgIpc) is 2.57. The molecule has 1 spiro atoms. The first-order chi connectivity index (χ1) is 7.71. The first-order valence-corrected chi connectivity index (χ1v) is 5.88. The van der Waals surface area contributed by atoms with Gasteiger partial charge in [0.1, 0.15) is 0 Å². The van der Waals surface area contributed by atoms with Crippen LogP contribution in [0.4, 0.5) is 5.69 Å². The van der Waals surface area contributed by atoms with Crippen LogP contribution < -0.4 is 10.6 Å². The molecule has 2 N–H and O–H groups in total. The van der Waals surface area contributed by atoms with Gasteiger partial charge in [0.15, 0.2) is 5.96 Å². The molecule has 3 nitrogen and oxygen atoms in total. The van der Waals surface area contributed by atoms with Crippen LogP contribution in [0, 0.1) is 6.92 Å². The number of aryl methyl sites for hydroxylation is 1.